The van der Waals surface area contributed by atoms with Gasteiger partial charge in [0.25, 0.3) is 0 Å². The summed E-state index contributed by atoms with van der Waals surface area (Å²) in [7, 11) is 2.03. The van der Waals surface area contributed by atoms with Crippen LogP contribution in [0.25, 0.3) is 0 Å². The topological polar surface area (TPSA) is 52.6 Å². The van der Waals surface area contributed by atoms with Gasteiger partial charge in [-0.25, -0.2) is 9.97 Å². The number of hydrogen-bond acceptors (Lipinski definition) is 5. The zero-order valence-electron chi connectivity index (χ0n) is 13.3. The molecule has 1 aromatic carbocycles. The number of nitrogens with zero attached hydrogens (tertiary/aromatic N) is 5. The van der Waals surface area contributed by atoms with Crippen LogP contribution in [0.2, 0.25) is 0 Å². The summed E-state index contributed by atoms with van der Waals surface area (Å²) in [4.78, 5) is 25.7. The van der Waals surface area contributed by atoms with E-state index >= 15 is 0 Å². The molecule has 0 saturated carbocycles. The molecule has 120 valence electrons. The molecule has 1 aromatic heterocycles. The summed E-state index contributed by atoms with van der Waals surface area (Å²) in [6.07, 6.45) is 2.52. The van der Waals surface area contributed by atoms with Crippen molar-refractivity contribution in [3.63, 3.8) is 0 Å². The lowest BCUT2D eigenvalue weighted by atomic mass is 10.2. The predicted octanol–water partition coefficient (Wildman–Crippen LogP) is 1.39. The molecule has 0 bridgehead atoms. The zero-order valence-corrected chi connectivity index (χ0v) is 13.3. The molecule has 2 aromatic rings. The lowest BCUT2D eigenvalue weighted by Gasteiger charge is -2.33. The predicted molar refractivity (Wildman–Crippen MR) is 90.4 cm³/mol. The summed E-state index contributed by atoms with van der Waals surface area (Å²) in [6.45, 7) is 3.89. The van der Waals surface area contributed by atoms with Crippen molar-refractivity contribution in [1.82, 2.24) is 14.9 Å². The van der Waals surface area contributed by atoms with Crippen molar-refractivity contribution in [1.29, 1.82) is 0 Å². The Bertz CT molecular complexity index is 640. The van der Waals surface area contributed by atoms with Crippen LogP contribution >= 0.6 is 0 Å². The molecule has 6 nitrogen and oxygen atoms in total. The molecule has 1 fully saturated rings. The Balaban J connectivity index is 1.68. The van der Waals surface area contributed by atoms with Gasteiger partial charge in [0.15, 0.2) is 0 Å². The van der Waals surface area contributed by atoms with Gasteiger partial charge in [0, 0.05) is 45.8 Å². The normalized spacial score (nSPS) is 14.7. The highest BCUT2D eigenvalue weighted by Gasteiger charge is 2.17. The molecular formula is C17H21N5O. The van der Waals surface area contributed by atoms with Crippen LogP contribution in [0.1, 0.15) is 5.56 Å². The molecule has 0 spiro atoms. The number of rotatable bonds is 5. The van der Waals surface area contributed by atoms with Gasteiger partial charge < -0.3 is 14.7 Å². The Labute approximate surface area is 136 Å². The van der Waals surface area contributed by atoms with Gasteiger partial charge >= 0.3 is 0 Å². The van der Waals surface area contributed by atoms with Gasteiger partial charge in [-0.3, -0.25) is 4.79 Å². The van der Waals surface area contributed by atoms with Gasteiger partial charge in [-0.15, -0.1) is 0 Å². The van der Waals surface area contributed by atoms with Gasteiger partial charge in [0.05, 0.1) is 0 Å². The third kappa shape index (κ3) is 3.77. The van der Waals surface area contributed by atoms with E-state index in [1.54, 1.807) is 11.2 Å². The Kier molecular flexibility index (Phi) is 4.71. The van der Waals surface area contributed by atoms with E-state index in [1.807, 2.05) is 31.3 Å². The van der Waals surface area contributed by atoms with Gasteiger partial charge in [-0.05, 0) is 5.56 Å². The number of amides is 1. The molecule has 0 aliphatic carbocycles. The Morgan fingerprint density at radius 3 is 2.57 bits per heavy atom. The van der Waals surface area contributed by atoms with Crippen molar-refractivity contribution in [2.24, 2.45) is 0 Å². The second-order valence-corrected chi connectivity index (χ2v) is 5.70. The highest BCUT2D eigenvalue weighted by atomic mass is 16.1. The molecule has 23 heavy (non-hydrogen) atoms. The molecule has 0 N–H and O–H groups in total. The minimum absolute atomic E-state index is 0.739. The van der Waals surface area contributed by atoms with E-state index in [2.05, 4.69) is 31.9 Å². The van der Waals surface area contributed by atoms with E-state index in [4.69, 9.17) is 0 Å². The average Bonchev–Trinajstić information content (AvgIpc) is 2.63. The highest BCUT2D eigenvalue weighted by molar-refractivity contribution is 5.52. The number of carbonyl (C=O) groups is 1. The van der Waals surface area contributed by atoms with Crippen LogP contribution in [0, 0.1) is 0 Å². The Hall–Kier alpha value is -2.63. The first kappa shape index (κ1) is 15.3. The van der Waals surface area contributed by atoms with Crippen LogP contribution in [0.15, 0.2) is 42.7 Å². The fraction of sp³-hybridized carbons (Fsp3) is 0.353. The van der Waals surface area contributed by atoms with Crippen molar-refractivity contribution in [3.05, 3.63) is 48.3 Å². The number of carbonyl (C=O) groups excluding carboxylic acids is 1. The molecule has 1 aliphatic heterocycles. The van der Waals surface area contributed by atoms with Gasteiger partial charge in [0.2, 0.25) is 6.41 Å². The molecule has 0 unspecified atom stereocenters. The van der Waals surface area contributed by atoms with Crippen LogP contribution in [0.3, 0.4) is 0 Å². The summed E-state index contributed by atoms with van der Waals surface area (Å²) < 4.78 is 0. The van der Waals surface area contributed by atoms with Crippen molar-refractivity contribution in [2.45, 2.75) is 6.54 Å². The monoisotopic (exact) mass is 311 g/mol. The molecule has 0 radical (unpaired) electrons. The van der Waals surface area contributed by atoms with E-state index < -0.39 is 0 Å². The van der Waals surface area contributed by atoms with Crippen molar-refractivity contribution in [3.8, 4) is 0 Å². The fourth-order valence-corrected chi connectivity index (χ4v) is 2.71. The highest BCUT2D eigenvalue weighted by Crippen LogP contribution is 2.19. The van der Waals surface area contributed by atoms with Gasteiger partial charge in [-0.1, -0.05) is 30.3 Å². The second kappa shape index (κ2) is 7.09. The maximum absolute atomic E-state index is 10.8. The van der Waals surface area contributed by atoms with Crippen molar-refractivity contribution in [2.75, 3.05) is 43.0 Å². The van der Waals surface area contributed by atoms with Crippen LogP contribution in [0.4, 0.5) is 11.6 Å². The smallest absolute Gasteiger partial charge is 0.209 e. The van der Waals surface area contributed by atoms with Gasteiger partial charge in [0.1, 0.15) is 18.0 Å². The molecule has 6 heteroatoms. The maximum Gasteiger partial charge on any atom is 0.209 e. The van der Waals surface area contributed by atoms with E-state index in [0.717, 1.165) is 50.8 Å². The molecule has 2 heterocycles. The lowest BCUT2D eigenvalue weighted by molar-refractivity contribution is -0.118. The number of aromatic nitrogens is 2. The quantitative estimate of drug-likeness (QED) is 0.781. The summed E-state index contributed by atoms with van der Waals surface area (Å²) in [6, 6.07) is 12.3. The van der Waals surface area contributed by atoms with Crippen molar-refractivity contribution >= 4 is 18.0 Å². The first-order chi connectivity index (χ1) is 11.3. The number of hydrogen-bond donors (Lipinski definition) is 0. The summed E-state index contributed by atoms with van der Waals surface area (Å²) in [5, 5.41) is 0. The Morgan fingerprint density at radius 2 is 1.87 bits per heavy atom. The molecule has 1 aliphatic rings. The summed E-state index contributed by atoms with van der Waals surface area (Å²) in [5.41, 5.74) is 1.25. The van der Waals surface area contributed by atoms with Crippen LogP contribution in [0.5, 0.6) is 0 Å². The molecule has 3 rings (SSSR count). The minimum atomic E-state index is 0.739. The summed E-state index contributed by atoms with van der Waals surface area (Å²) >= 11 is 0. The third-order valence-electron chi connectivity index (χ3n) is 4.08. The van der Waals surface area contributed by atoms with Gasteiger partial charge in [-0.2, -0.15) is 0 Å². The molecule has 1 saturated heterocycles. The van der Waals surface area contributed by atoms with E-state index in [1.165, 1.54) is 5.56 Å². The first-order valence-corrected chi connectivity index (χ1v) is 7.77. The SMILES string of the molecule is CN(Cc1ccccc1)c1cc(N2CCN(C=O)CC2)ncn1. The summed E-state index contributed by atoms with van der Waals surface area (Å²) in [5.74, 6) is 1.82. The number of piperazine rings is 1. The van der Waals surface area contributed by atoms with E-state index in [0.29, 0.717) is 0 Å². The second-order valence-electron chi connectivity index (χ2n) is 5.70. The van der Waals surface area contributed by atoms with E-state index in [-0.39, 0.29) is 0 Å². The van der Waals surface area contributed by atoms with Crippen LogP contribution < -0.4 is 9.80 Å². The zero-order chi connectivity index (χ0) is 16.1. The van der Waals surface area contributed by atoms with Crippen LogP contribution in [-0.4, -0.2) is 54.5 Å². The largest absolute Gasteiger partial charge is 0.355 e. The molecular weight excluding hydrogens is 290 g/mol. The average molecular weight is 311 g/mol. The molecule has 1 amide bonds. The minimum Gasteiger partial charge on any atom is -0.355 e. The van der Waals surface area contributed by atoms with Crippen LogP contribution in [-0.2, 0) is 11.3 Å². The Morgan fingerprint density at radius 1 is 1.13 bits per heavy atom. The molecule has 0 atom stereocenters. The first-order valence-electron chi connectivity index (χ1n) is 7.77. The lowest BCUT2D eigenvalue weighted by Crippen LogP contribution is -2.46. The van der Waals surface area contributed by atoms with E-state index in [9.17, 15) is 4.79 Å². The third-order valence-corrected chi connectivity index (χ3v) is 4.08. The fourth-order valence-electron chi connectivity index (χ4n) is 2.71. The standard InChI is InChI=1S/C17H21N5O/c1-20(12-15-5-3-2-4-6-15)16-11-17(19-13-18-16)22-9-7-21(14-23)8-10-22/h2-6,11,13-14H,7-10,12H2,1H3. The van der Waals surface area contributed by atoms with Crippen molar-refractivity contribution < 1.29 is 4.79 Å². The number of benzene rings is 1. The number of anilines is 2. The maximum atomic E-state index is 10.8.